The van der Waals surface area contributed by atoms with Gasteiger partial charge in [-0.25, -0.2) is 9.37 Å². The molecule has 2 N–H and O–H groups in total. The monoisotopic (exact) mass is 273 g/mol. The Hall–Kier alpha value is -2.01. The van der Waals surface area contributed by atoms with Crippen LogP contribution in [0.2, 0.25) is 0 Å². The summed E-state index contributed by atoms with van der Waals surface area (Å²) >= 11 is 0. The van der Waals surface area contributed by atoms with Crippen molar-refractivity contribution in [2.45, 2.75) is 31.8 Å². The van der Waals surface area contributed by atoms with Gasteiger partial charge in [-0.05, 0) is 24.5 Å². The average Bonchev–Trinajstić information content (AvgIpc) is 3.23. The van der Waals surface area contributed by atoms with E-state index in [2.05, 4.69) is 15.3 Å². The van der Waals surface area contributed by atoms with E-state index < -0.39 is 0 Å². The lowest BCUT2D eigenvalue weighted by atomic mass is 10.1. The van der Waals surface area contributed by atoms with E-state index in [9.17, 15) is 9.18 Å². The highest BCUT2D eigenvalue weighted by Gasteiger charge is 2.20. The number of hydrogen-bond donors (Lipinski definition) is 2. The second-order valence-electron chi connectivity index (χ2n) is 5.11. The number of aromatic amines is 1. The molecule has 1 saturated carbocycles. The van der Waals surface area contributed by atoms with Gasteiger partial charge in [-0.3, -0.25) is 4.79 Å². The van der Waals surface area contributed by atoms with Gasteiger partial charge in [0, 0.05) is 25.1 Å². The fraction of sp³-hybridized carbons (Fsp3) is 0.333. The molecule has 1 aromatic heterocycles. The first-order chi connectivity index (χ1) is 9.70. The molecule has 20 heavy (non-hydrogen) atoms. The Morgan fingerprint density at radius 1 is 1.35 bits per heavy atom. The van der Waals surface area contributed by atoms with Crippen LogP contribution >= 0.6 is 0 Å². The molecule has 1 aliphatic carbocycles. The molecule has 104 valence electrons. The zero-order valence-corrected chi connectivity index (χ0v) is 11.0. The normalized spacial score (nSPS) is 14.4. The quantitative estimate of drug-likeness (QED) is 0.872. The molecule has 0 atom stereocenters. The minimum atomic E-state index is -0.281. The smallest absolute Gasteiger partial charge is 0.251 e. The third kappa shape index (κ3) is 3.30. The van der Waals surface area contributed by atoms with Crippen LogP contribution in [0.1, 0.15) is 29.9 Å². The summed E-state index contributed by atoms with van der Waals surface area (Å²) in [6, 6.07) is 8.57. The third-order valence-corrected chi connectivity index (χ3v) is 3.31. The van der Waals surface area contributed by atoms with Crippen LogP contribution in [-0.4, -0.2) is 16.0 Å². The van der Waals surface area contributed by atoms with Crippen LogP contribution in [0.3, 0.4) is 0 Å². The Morgan fingerprint density at radius 3 is 2.90 bits per heavy atom. The van der Waals surface area contributed by atoms with E-state index in [0.29, 0.717) is 36.1 Å². The molecule has 2 aromatic rings. The predicted molar refractivity (Wildman–Crippen MR) is 73.9 cm³/mol. The number of H-pyrrole nitrogens is 1. The number of hydrogen-bond acceptors (Lipinski definition) is 3. The first kappa shape index (κ1) is 13.0. The van der Waals surface area contributed by atoms with Crippen LogP contribution < -0.4 is 10.9 Å². The number of aromatic nitrogens is 2. The number of benzene rings is 1. The van der Waals surface area contributed by atoms with Crippen molar-refractivity contribution in [2.75, 3.05) is 0 Å². The summed E-state index contributed by atoms with van der Waals surface area (Å²) in [6.45, 7) is 0.582. The summed E-state index contributed by atoms with van der Waals surface area (Å²) < 4.78 is 13.6. The van der Waals surface area contributed by atoms with Crippen molar-refractivity contribution in [2.24, 2.45) is 0 Å². The first-order valence-electron chi connectivity index (χ1n) is 6.76. The van der Waals surface area contributed by atoms with Crippen LogP contribution in [0.4, 0.5) is 4.39 Å². The fourth-order valence-electron chi connectivity index (χ4n) is 2.10. The maximum absolute atomic E-state index is 13.6. The highest BCUT2D eigenvalue weighted by Crippen LogP contribution is 2.19. The molecule has 1 fully saturated rings. The van der Waals surface area contributed by atoms with Crippen molar-refractivity contribution in [1.29, 1.82) is 0 Å². The van der Waals surface area contributed by atoms with E-state index >= 15 is 0 Å². The van der Waals surface area contributed by atoms with Crippen LogP contribution in [0.15, 0.2) is 35.1 Å². The van der Waals surface area contributed by atoms with Gasteiger partial charge in [-0.2, -0.15) is 0 Å². The SMILES string of the molecule is O=c1cc(CNC2CC2)nc(Cc2ccccc2F)[nH]1. The molecular weight excluding hydrogens is 257 g/mol. The number of rotatable bonds is 5. The average molecular weight is 273 g/mol. The number of halogens is 1. The molecular formula is C15H16FN3O. The van der Waals surface area contributed by atoms with Gasteiger partial charge in [-0.15, -0.1) is 0 Å². The van der Waals surface area contributed by atoms with Crippen molar-refractivity contribution >= 4 is 0 Å². The van der Waals surface area contributed by atoms with Crippen molar-refractivity contribution in [3.63, 3.8) is 0 Å². The summed E-state index contributed by atoms with van der Waals surface area (Å²) in [6.07, 6.45) is 2.66. The molecule has 0 unspecified atom stereocenters. The summed E-state index contributed by atoms with van der Waals surface area (Å²) in [5.41, 5.74) is 1.04. The Morgan fingerprint density at radius 2 is 2.15 bits per heavy atom. The van der Waals surface area contributed by atoms with Gasteiger partial charge in [0.1, 0.15) is 11.6 Å². The Kier molecular flexibility index (Phi) is 3.60. The van der Waals surface area contributed by atoms with Crippen molar-refractivity contribution in [3.8, 4) is 0 Å². The van der Waals surface area contributed by atoms with Crippen LogP contribution in [0.25, 0.3) is 0 Å². The Bertz CT molecular complexity index is 664. The highest BCUT2D eigenvalue weighted by atomic mass is 19.1. The van der Waals surface area contributed by atoms with E-state index in [4.69, 9.17) is 0 Å². The van der Waals surface area contributed by atoms with E-state index in [-0.39, 0.29) is 11.4 Å². The maximum atomic E-state index is 13.6. The molecule has 5 heteroatoms. The summed E-state index contributed by atoms with van der Waals surface area (Å²) in [4.78, 5) is 18.7. The number of nitrogens with one attached hydrogen (secondary N) is 2. The largest absolute Gasteiger partial charge is 0.310 e. The van der Waals surface area contributed by atoms with Gasteiger partial charge in [0.05, 0.1) is 5.69 Å². The van der Waals surface area contributed by atoms with Gasteiger partial charge in [0.25, 0.3) is 5.56 Å². The van der Waals surface area contributed by atoms with Gasteiger partial charge in [-0.1, -0.05) is 18.2 Å². The molecule has 1 heterocycles. The minimum absolute atomic E-state index is 0.195. The minimum Gasteiger partial charge on any atom is -0.310 e. The first-order valence-corrected chi connectivity index (χ1v) is 6.76. The van der Waals surface area contributed by atoms with E-state index in [0.717, 1.165) is 0 Å². The van der Waals surface area contributed by atoms with E-state index in [1.54, 1.807) is 18.2 Å². The number of nitrogens with zero attached hydrogens (tertiary/aromatic N) is 1. The predicted octanol–water partition coefficient (Wildman–Crippen LogP) is 1.75. The molecule has 0 aliphatic heterocycles. The fourth-order valence-corrected chi connectivity index (χ4v) is 2.10. The second-order valence-corrected chi connectivity index (χ2v) is 5.11. The van der Waals surface area contributed by atoms with Gasteiger partial charge in [0.2, 0.25) is 0 Å². The molecule has 1 aromatic carbocycles. The van der Waals surface area contributed by atoms with E-state index in [1.165, 1.54) is 25.0 Å². The van der Waals surface area contributed by atoms with Crippen molar-refractivity contribution in [1.82, 2.24) is 15.3 Å². The zero-order chi connectivity index (χ0) is 13.9. The molecule has 0 bridgehead atoms. The molecule has 0 radical (unpaired) electrons. The van der Waals surface area contributed by atoms with Crippen LogP contribution in [-0.2, 0) is 13.0 Å². The molecule has 0 amide bonds. The van der Waals surface area contributed by atoms with Gasteiger partial charge >= 0.3 is 0 Å². The lowest BCUT2D eigenvalue weighted by molar-refractivity contribution is 0.611. The van der Waals surface area contributed by atoms with Crippen LogP contribution in [0, 0.1) is 5.82 Å². The lowest BCUT2D eigenvalue weighted by Gasteiger charge is -2.06. The van der Waals surface area contributed by atoms with Crippen LogP contribution in [0.5, 0.6) is 0 Å². The standard InChI is InChI=1S/C15H16FN3O/c16-13-4-2-1-3-10(13)7-14-18-12(8-15(20)19-14)9-17-11-5-6-11/h1-4,8,11,17H,5-7,9H2,(H,18,19,20). The maximum Gasteiger partial charge on any atom is 0.251 e. The van der Waals surface area contributed by atoms with Gasteiger partial charge in [0.15, 0.2) is 0 Å². The molecule has 1 aliphatic rings. The summed E-state index contributed by atoms with van der Waals surface area (Å²) in [7, 11) is 0. The van der Waals surface area contributed by atoms with Crippen molar-refractivity contribution in [3.05, 3.63) is 63.6 Å². The highest BCUT2D eigenvalue weighted by molar-refractivity contribution is 5.21. The molecule has 0 saturated heterocycles. The van der Waals surface area contributed by atoms with E-state index in [1.807, 2.05) is 0 Å². The molecule has 3 rings (SSSR count). The van der Waals surface area contributed by atoms with Crippen molar-refractivity contribution < 1.29 is 4.39 Å². The Labute approximate surface area is 116 Å². The third-order valence-electron chi connectivity index (χ3n) is 3.31. The molecule has 4 nitrogen and oxygen atoms in total. The Balaban J connectivity index is 1.78. The zero-order valence-electron chi connectivity index (χ0n) is 11.0. The second kappa shape index (κ2) is 5.54. The topological polar surface area (TPSA) is 57.8 Å². The van der Waals surface area contributed by atoms with Gasteiger partial charge < -0.3 is 10.3 Å². The molecule has 0 spiro atoms. The summed E-state index contributed by atoms with van der Waals surface area (Å²) in [5.74, 6) is 0.215. The lowest BCUT2D eigenvalue weighted by Crippen LogP contribution is -2.20. The summed E-state index contributed by atoms with van der Waals surface area (Å²) in [5, 5.41) is 3.31.